The Labute approximate surface area is 168 Å². The van der Waals surface area contributed by atoms with Gasteiger partial charge in [0.1, 0.15) is 0 Å². The first-order chi connectivity index (χ1) is 14.2. The fourth-order valence-electron chi connectivity index (χ4n) is 2.36. The highest BCUT2D eigenvalue weighted by molar-refractivity contribution is 5.64. The van der Waals surface area contributed by atoms with Crippen molar-refractivity contribution in [2.45, 2.75) is 6.04 Å². The lowest BCUT2D eigenvalue weighted by Gasteiger charge is -2.10. The van der Waals surface area contributed by atoms with E-state index < -0.39 is 37.6 Å². The van der Waals surface area contributed by atoms with Crippen molar-refractivity contribution in [3.05, 3.63) is 108 Å². The van der Waals surface area contributed by atoms with Crippen LogP contribution >= 0.6 is 0 Å². The van der Waals surface area contributed by atoms with Crippen molar-refractivity contribution in [3.63, 3.8) is 0 Å². The summed E-state index contributed by atoms with van der Waals surface area (Å²) in [5.41, 5.74) is 5.04. The summed E-state index contributed by atoms with van der Waals surface area (Å²) in [6.07, 6.45) is 1.76. The van der Waals surface area contributed by atoms with Gasteiger partial charge < -0.3 is 10.8 Å². The number of benzene rings is 2. The molecule has 0 aliphatic carbocycles. The molecule has 2 aromatic carbocycles. The van der Waals surface area contributed by atoms with Gasteiger partial charge in [-0.2, -0.15) is 0 Å². The van der Waals surface area contributed by atoms with E-state index in [1.807, 2.05) is 48.5 Å². The molecule has 1 heterocycles. The van der Waals surface area contributed by atoms with E-state index in [-0.39, 0.29) is 6.04 Å². The van der Waals surface area contributed by atoms with E-state index in [4.69, 9.17) is 10.8 Å². The SMILES string of the molecule is NC(c1ccccc1)c1ccccn1.O=[N+]([O-])c1cc([N+](=O)[O-])c(O)c([N+](=O)[O-])c1. The van der Waals surface area contributed by atoms with E-state index in [0.717, 1.165) is 11.3 Å². The van der Waals surface area contributed by atoms with Crippen LogP contribution in [0, 0.1) is 30.3 Å². The average molecular weight is 413 g/mol. The van der Waals surface area contributed by atoms with Crippen LogP contribution in [0.5, 0.6) is 5.75 Å². The summed E-state index contributed by atoms with van der Waals surface area (Å²) in [5.74, 6) is -1.21. The molecule has 1 unspecified atom stereocenters. The topological polar surface area (TPSA) is 189 Å². The molecule has 3 aromatic rings. The molecule has 0 fully saturated rings. The smallest absolute Gasteiger partial charge is 0.324 e. The van der Waals surface area contributed by atoms with Gasteiger partial charge in [-0.05, 0) is 17.7 Å². The number of nitrogens with zero attached hydrogens (tertiary/aromatic N) is 4. The molecule has 154 valence electrons. The van der Waals surface area contributed by atoms with E-state index in [1.165, 1.54) is 0 Å². The molecule has 3 rings (SSSR count). The van der Waals surface area contributed by atoms with Crippen molar-refractivity contribution < 1.29 is 19.9 Å². The summed E-state index contributed by atoms with van der Waals surface area (Å²) >= 11 is 0. The monoisotopic (exact) mass is 413 g/mol. The molecule has 0 aliphatic rings. The first-order valence-corrected chi connectivity index (χ1v) is 8.24. The Morgan fingerprint density at radius 2 is 1.37 bits per heavy atom. The summed E-state index contributed by atoms with van der Waals surface area (Å²) in [6.45, 7) is 0. The minimum atomic E-state index is -1.21. The number of non-ortho nitro benzene ring substituents is 1. The summed E-state index contributed by atoms with van der Waals surface area (Å²) in [4.78, 5) is 32.0. The number of phenols is 1. The van der Waals surface area contributed by atoms with Gasteiger partial charge in [-0.3, -0.25) is 35.3 Å². The van der Waals surface area contributed by atoms with E-state index in [9.17, 15) is 30.3 Å². The van der Waals surface area contributed by atoms with Gasteiger partial charge in [0, 0.05) is 6.20 Å². The Morgan fingerprint density at radius 3 is 1.80 bits per heavy atom. The van der Waals surface area contributed by atoms with Gasteiger partial charge in [0.15, 0.2) is 0 Å². The van der Waals surface area contributed by atoms with Crippen LogP contribution in [0.2, 0.25) is 0 Å². The van der Waals surface area contributed by atoms with Crippen molar-refractivity contribution in [2.75, 3.05) is 0 Å². The molecule has 0 bridgehead atoms. The Kier molecular flexibility index (Phi) is 7.03. The molecule has 0 radical (unpaired) electrons. The van der Waals surface area contributed by atoms with E-state index in [2.05, 4.69) is 4.98 Å². The molecule has 0 aliphatic heterocycles. The number of aromatic nitrogens is 1. The molecule has 0 saturated carbocycles. The molecule has 30 heavy (non-hydrogen) atoms. The molecule has 1 atom stereocenters. The fraction of sp³-hybridized carbons (Fsp3) is 0.0556. The largest absolute Gasteiger partial charge is 0.497 e. The standard InChI is InChI=1S/C12H12N2.C6H3N3O7/c13-12(10-6-2-1-3-7-10)11-8-4-5-9-14-11;10-6-4(8(13)14)1-3(7(11)12)2-5(6)9(15)16/h1-9,12H,13H2;1-2,10H. The third-order valence-corrected chi connectivity index (χ3v) is 3.82. The van der Waals surface area contributed by atoms with Gasteiger partial charge in [0.2, 0.25) is 0 Å². The van der Waals surface area contributed by atoms with Gasteiger partial charge >= 0.3 is 11.4 Å². The highest BCUT2D eigenvalue weighted by Crippen LogP contribution is 2.38. The number of nitrogens with two attached hydrogens (primary N) is 1. The summed E-state index contributed by atoms with van der Waals surface area (Å²) < 4.78 is 0. The van der Waals surface area contributed by atoms with E-state index in [1.54, 1.807) is 6.20 Å². The zero-order chi connectivity index (χ0) is 22.3. The van der Waals surface area contributed by atoms with E-state index >= 15 is 0 Å². The Morgan fingerprint density at radius 1 is 0.833 bits per heavy atom. The molecular formula is C18H15N5O7. The highest BCUT2D eigenvalue weighted by atomic mass is 16.6. The van der Waals surface area contributed by atoms with Gasteiger partial charge in [0.25, 0.3) is 11.4 Å². The summed E-state index contributed by atoms with van der Waals surface area (Å²) in [6, 6.07) is 16.5. The maximum atomic E-state index is 10.4. The molecule has 0 spiro atoms. The fourth-order valence-corrected chi connectivity index (χ4v) is 2.36. The zero-order valence-corrected chi connectivity index (χ0v) is 15.2. The Hall–Kier alpha value is -4.45. The average Bonchev–Trinajstić information content (AvgIpc) is 2.74. The van der Waals surface area contributed by atoms with Crippen LogP contribution in [0.1, 0.15) is 17.3 Å². The maximum absolute atomic E-state index is 10.4. The lowest BCUT2D eigenvalue weighted by molar-refractivity contribution is -0.404. The Bertz CT molecular complexity index is 987. The molecule has 0 saturated heterocycles. The number of hydrogen-bond donors (Lipinski definition) is 2. The number of phenolic OH excluding ortho intramolecular Hbond substituents is 1. The van der Waals surface area contributed by atoms with Crippen LogP contribution in [-0.4, -0.2) is 24.9 Å². The number of nitro benzene ring substituents is 3. The van der Waals surface area contributed by atoms with Gasteiger partial charge in [0.05, 0.1) is 38.6 Å². The zero-order valence-electron chi connectivity index (χ0n) is 15.2. The van der Waals surface area contributed by atoms with Crippen molar-refractivity contribution in [1.82, 2.24) is 4.98 Å². The molecule has 1 aromatic heterocycles. The van der Waals surface area contributed by atoms with Crippen molar-refractivity contribution >= 4 is 17.1 Å². The van der Waals surface area contributed by atoms with Gasteiger partial charge in [-0.1, -0.05) is 36.4 Å². The van der Waals surface area contributed by atoms with E-state index in [0.29, 0.717) is 12.1 Å². The second-order valence-corrected chi connectivity index (χ2v) is 5.75. The Balaban J connectivity index is 0.000000215. The molecular weight excluding hydrogens is 398 g/mol. The normalized spacial score (nSPS) is 11.0. The number of hydrogen-bond acceptors (Lipinski definition) is 9. The van der Waals surface area contributed by atoms with Crippen LogP contribution in [-0.2, 0) is 0 Å². The first kappa shape index (κ1) is 21.8. The van der Waals surface area contributed by atoms with Crippen LogP contribution in [0.4, 0.5) is 17.1 Å². The van der Waals surface area contributed by atoms with Crippen LogP contribution < -0.4 is 5.73 Å². The predicted molar refractivity (Wildman–Crippen MR) is 105 cm³/mol. The molecule has 0 amide bonds. The second kappa shape index (κ2) is 9.66. The van der Waals surface area contributed by atoms with Crippen molar-refractivity contribution in [3.8, 4) is 5.75 Å². The first-order valence-electron chi connectivity index (χ1n) is 8.24. The minimum absolute atomic E-state index is 0.127. The third-order valence-electron chi connectivity index (χ3n) is 3.82. The number of aromatic hydroxyl groups is 1. The van der Waals surface area contributed by atoms with Crippen LogP contribution in [0.25, 0.3) is 0 Å². The summed E-state index contributed by atoms with van der Waals surface area (Å²) in [7, 11) is 0. The van der Waals surface area contributed by atoms with Crippen LogP contribution in [0.3, 0.4) is 0 Å². The summed E-state index contributed by atoms with van der Waals surface area (Å²) in [5, 5.41) is 40.2. The lowest BCUT2D eigenvalue weighted by atomic mass is 10.0. The highest BCUT2D eigenvalue weighted by Gasteiger charge is 2.30. The molecule has 12 heteroatoms. The van der Waals surface area contributed by atoms with Gasteiger partial charge in [-0.25, -0.2) is 0 Å². The van der Waals surface area contributed by atoms with Crippen molar-refractivity contribution in [1.29, 1.82) is 0 Å². The number of rotatable bonds is 5. The van der Waals surface area contributed by atoms with Crippen LogP contribution in [0.15, 0.2) is 66.9 Å². The minimum Gasteiger partial charge on any atom is -0.497 e. The van der Waals surface area contributed by atoms with Crippen molar-refractivity contribution in [2.24, 2.45) is 5.73 Å². The van der Waals surface area contributed by atoms with Gasteiger partial charge in [-0.15, -0.1) is 0 Å². The predicted octanol–water partition coefficient (Wildman–Crippen LogP) is 3.25. The maximum Gasteiger partial charge on any atom is 0.324 e. The quantitative estimate of drug-likeness (QED) is 0.467. The number of pyridine rings is 1. The molecule has 3 N–H and O–H groups in total. The molecule has 12 nitrogen and oxygen atoms in total. The second-order valence-electron chi connectivity index (χ2n) is 5.75. The lowest BCUT2D eigenvalue weighted by Crippen LogP contribution is -2.12. The number of nitro groups is 3. The third kappa shape index (κ3) is 5.30.